The van der Waals surface area contributed by atoms with E-state index < -0.39 is 16.7 Å². The Balaban J connectivity index is 1.46. The van der Waals surface area contributed by atoms with Crippen molar-refractivity contribution in [2.24, 2.45) is 28.6 Å². The largest absolute Gasteiger partial charge is 0.493 e. The summed E-state index contributed by atoms with van der Waals surface area (Å²) in [6, 6.07) is 20.0. The van der Waals surface area contributed by atoms with Crippen molar-refractivity contribution in [1.29, 1.82) is 0 Å². The summed E-state index contributed by atoms with van der Waals surface area (Å²) in [6.45, 7) is 5.73. The van der Waals surface area contributed by atoms with Crippen LogP contribution in [0.3, 0.4) is 0 Å². The van der Waals surface area contributed by atoms with Gasteiger partial charge in [-0.3, -0.25) is 9.59 Å². The van der Waals surface area contributed by atoms with Crippen LogP contribution in [0.5, 0.6) is 0 Å². The first-order chi connectivity index (χ1) is 16.9. The van der Waals surface area contributed by atoms with Crippen molar-refractivity contribution in [3.63, 3.8) is 0 Å². The number of ketones is 2. The molecule has 3 aliphatic carbocycles. The highest BCUT2D eigenvalue weighted by Gasteiger charge is 2.74. The van der Waals surface area contributed by atoms with Gasteiger partial charge >= 0.3 is 0 Å². The lowest BCUT2D eigenvalue weighted by molar-refractivity contribution is -0.140. The Morgan fingerprint density at radius 3 is 2.03 bits per heavy atom. The molecule has 1 spiro atoms. The quantitative estimate of drug-likeness (QED) is 0.471. The van der Waals surface area contributed by atoms with Gasteiger partial charge in [0, 0.05) is 5.57 Å². The monoisotopic (exact) mass is 474 g/mol. The summed E-state index contributed by atoms with van der Waals surface area (Å²) in [5.41, 5.74) is 1.67. The number of fused-ring (bicyclic) bond motifs is 1. The van der Waals surface area contributed by atoms with Crippen molar-refractivity contribution >= 4 is 11.6 Å². The maximum Gasteiger partial charge on any atom is 0.208 e. The third-order valence-corrected chi connectivity index (χ3v) is 8.56. The molecule has 2 bridgehead atoms. The molecule has 184 valence electrons. The molecule has 0 heterocycles. The van der Waals surface area contributed by atoms with Crippen LogP contribution in [0.25, 0.3) is 0 Å². The average molecular weight is 475 g/mol. The average Bonchev–Trinajstić information content (AvgIpc) is 3.30. The molecule has 35 heavy (non-hydrogen) atoms. The van der Waals surface area contributed by atoms with Crippen molar-refractivity contribution in [2.75, 3.05) is 20.3 Å². The zero-order valence-corrected chi connectivity index (χ0v) is 20.8. The van der Waals surface area contributed by atoms with E-state index in [1.54, 1.807) is 0 Å². The van der Waals surface area contributed by atoms with Gasteiger partial charge in [0.1, 0.15) is 0 Å². The van der Waals surface area contributed by atoms with Gasteiger partial charge in [-0.15, -0.1) is 0 Å². The molecule has 0 saturated heterocycles. The Morgan fingerprint density at radius 2 is 1.43 bits per heavy atom. The standard InChI is InChI=1S/C30H34O5/c1-29(2)24-15-14-22(18-34-16-20-10-6-4-7-11-20)30(24)23(19-35-17-21-12-8-5-9-13-21)27(33-3)26(31)25(29)28(30)32/h4-13,22,24-25H,14-19H2,1-3H3/t22-,24?,25-,30-/m0/s1. The summed E-state index contributed by atoms with van der Waals surface area (Å²) >= 11 is 0. The second kappa shape index (κ2) is 9.36. The smallest absolute Gasteiger partial charge is 0.208 e. The fraction of sp³-hybridized carbons (Fsp3) is 0.467. The van der Waals surface area contributed by atoms with Crippen LogP contribution in [0.1, 0.15) is 37.8 Å². The Bertz CT molecular complexity index is 1120. The van der Waals surface area contributed by atoms with Crippen LogP contribution < -0.4 is 0 Å². The van der Waals surface area contributed by atoms with Crippen molar-refractivity contribution in [3.8, 4) is 0 Å². The van der Waals surface area contributed by atoms with E-state index >= 15 is 0 Å². The number of allylic oxidation sites excluding steroid dienone is 1. The maximum absolute atomic E-state index is 14.1. The lowest BCUT2D eigenvalue weighted by Gasteiger charge is -2.40. The first kappa shape index (κ1) is 24.0. The van der Waals surface area contributed by atoms with Crippen LogP contribution in [0.15, 0.2) is 72.0 Å². The van der Waals surface area contributed by atoms with Gasteiger partial charge in [0.25, 0.3) is 0 Å². The SMILES string of the molecule is COC1=C(COCc2ccccc2)[C@]23C(=O)[C@H](C1=O)C(C)(C)C2CC[C@H]3COCc1ccccc1. The van der Waals surface area contributed by atoms with E-state index in [1.165, 1.54) is 7.11 Å². The van der Waals surface area contributed by atoms with Crippen LogP contribution in [0.2, 0.25) is 0 Å². The first-order valence-electron chi connectivity index (χ1n) is 12.5. The molecule has 2 aromatic carbocycles. The number of carbonyl (C=O) groups excluding carboxylic acids is 2. The molecule has 2 aromatic rings. The summed E-state index contributed by atoms with van der Waals surface area (Å²) in [5, 5.41) is 0. The fourth-order valence-corrected chi connectivity index (χ4v) is 7.11. The van der Waals surface area contributed by atoms with Crippen LogP contribution in [0.4, 0.5) is 0 Å². The molecule has 3 aliphatic rings. The predicted octanol–water partition coefficient (Wildman–Crippen LogP) is 5.14. The molecule has 2 saturated carbocycles. The third-order valence-electron chi connectivity index (χ3n) is 8.56. The van der Waals surface area contributed by atoms with Crippen LogP contribution >= 0.6 is 0 Å². The minimum atomic E-state index is -0.777. The molecule has 5 nitrogen and oxygen atoms in total. The molecular weight excluding hydrogens is 440 g/mol. The fourth-order valence-electron chi connectivity index (χ4n) is 7.11. The third kappa shape index (κ3) is 3.76. The number of benzene rings is 2. The highest BCUT2D eigenvalue weighted by atomic mass is 16.5. The second-order valence-corrected chi connectivity index (χ2v) is 10.7. The summed E-state index contributed by atoms with van der Waals surface area (Å²) in [4.78, 5) is 27.7. The molecule has 5 rings (SSSR count). The Hall–Kier alpha value is -2.76. The zero-order valence-electron chi connectivity index (χ0n) is 20.8. The molecule has 0 aromatic heterocycles. The highest BCUT2D eigenvalue weighted by Crippen LogP contribution is 2.70. The number of methoxy groups -OCH3 is 1. The van der Waals surface area contributed by atoms with E-state index in [9.17, 15) is 9.59 Å². The summed E-state index contributed by atoms with van der Waals surface area (Å²) in [7, 11) is 1.54. The molecule has 0 radical (unpaired) electrons. The lowest BCUT2D eigenvalue weighted by Crippen LogP contribution is -2.47. The van der Waals surface area contributed by atoms with E-state index in [2.05, 4.69) is 13.8 Å². The van der Waals surface area contributed by atoms with Gasteiger partial charge in [-0.2, -0.15) is 0 Å². The van der Waals surface area contributed by atoms with Crippen LogP contribution in [0, 0.1) is 28.6 Å². The number of hydrogen-bond donors (Lipinski definition) is 0. The minimum absolute atomic E-state index is 0.0124. The Labute approximate surface area is 207 Å². The van der Waals surface area contributed by atoms with Crippen molar-refractivity contribution < 1.29 is 23.8 Å². The molecule has 0 amide bonds. The molecule has 4 atom stereocenters. The number of Topliss-reactive ketones (excluding diaryl/α,β-unsaturated/α-hetero) is 2. The van der Waals surface area contributed by atoms with Crippen LogP contribution in [-0.4, -0.2) is 31.9 Å². The van der Waals surface area contributed by atoms with Gasteiger partial charge in [-0.05, 0) is 41.2 Å². The van der Waals surface area contributed by atoms with Gasteiger partial charge < -0.3 is 14.2 Å². The zero-order chi connectivity index (χ0) is 24.6. The summed E-state index contributed by atoms with van der Waals surface area (Å²) < 4.78 is 18.1. The van der Waals surface area contributed by atoms with E-state index in [0.717, 1.165) is 29.5 Å². The topological polar surface area (TPSA) is 61.8 Å². The van der Waals surface area contributed by atoms with E-state index in [-0.39, 0.29) is 30.0 Å². The number of ether oxygens (including phenoxy) is 3. The van der Waals surface area contributed by atoms with Crippen molar-refractivity contribution in [3.05, 3.63) is 83.1 Å². The number of hydrogen-bond acceptors (Lipinski definition) is 5. The van der Waals surface area contributed by atoms with Gasteiger partial charge in [0.15, 0.2) is 11.5 Å². The molecule has 2 fully saturated rings. The Morgan fingerprint density at radius 1 is 0.829 bits per heavy atom. The van der Waals surface area contributed by atoms with Gasteiger partial charge in [-0.1, -0.05) is 74.5 Å². The minimum Gasteiger partial charge on any atom is -0.493 e. The highest BCUT2D eigenvalue weighted by molar-refractivity contribution is 6.18. The Kier molecular flexibility index (Phi) is 6.41. The number of carbonyl (C=O) groups is 2. The lowest BCUT2D eigenvalue weighted by atomic mass is 9.64. The molecule has 5 heteroatoms. The molecule has 1 unspecified atom stereocenters. The first-order valence-corrected chi connectivity index (χ1v) is 12.5. The normalized spacial score (nSPS) is 28.9. The summed E-state index contributed by atoms with van der Waals surface area (Å²) in [6.07, 6.45) is 1.77. The van der Waals surface area contributed by atoms with E-state index in [1.807, 2.05) is 60.7 Å². The summed E-state index contributed by atoms with van der Waals surface area (Å²) in [5.74, 6) is -0.441. The molecule has 0 aliphatic heterocycles. The van der Waals surface area contributed by atoms with Crippen LogP contribution in [-0.2, 0) is 37.0 Å². The predicted molar refractivity (Wildman–Crippen MR) is 132 cm³/mol. The number of rotatable bonds is 9. The van der Waals surface area contributed by atoms with E-state index in [0.29, 0.717) is 25.6 Å². The maximum atomic E-state index is 14.1. The van der Waals surface area contributed by atoms with Gasteiger partial charge in [0.05, 0.1) is 44.9 Å². The van der Waals surface area contributed by atoms with Gasteiger partial charge in [0.2, 0.25) is 5.78 Å². The van der Waals surface area contributed by atoms with Gasteiger partial charge in [-0.25, -0.2) is 0 Å². The van der Waals surface area contributed by atoms with E-state index in [4.69, 9.17) is 14.2 Å². The molecule has 0 N–H and O–H groups in total. The van der Waals surface area contributed by atoms with Crippen molar-refractivity contribution in [2.45, 2.75) is 39.9 Å². The van der Waals surface area contributed by atoms with Crippen molar-refractivity contribution in [1.82, 2.24) is 0 Å². The molecular formula is C30H34O5. The second-order valence-electron chi connectivity index (χ2n) is 10.7.